The highest BCUT2D eigenvalue weighted by atomic mass is 16.5. The van der Waals surface area contributed by atoms with Crippen LogP contribution >= 0.6 is 0 Å². The van der Waals surface area contributed by atoms with E-state index in [-0.39, 0.29) is 41.5 Å². The Labute approximate surface area is 203 Å². The highest BCUT2D eigenvalue weighted by molar-refractivity contribution is 6.04. The molecule has 0 unspecified atom stereocenters. The third-order valence-electron chi connectivity index (χ3n) is 6.44. The molecular formula is C25H31N5O5. The molecule has 0 aliphatic carbocycles. The molecule has 1 aromatic heterocycles. The Kier molecular flexibility index (Phi) is 7.18. The van der Waals surface area contributed by atoms with Crippen LogP contribution in [-0.4, -0.2) is 47.4 Å². The van der Waals surface area contributed by atoms with Gasteiger partial charge in [-0.3, -0.25) is 24.2 Å². The van der Waals surface area contributed by atoms with Gasteiger partial charge in [-0.1, -0.05) is 26.0 Å². The average Bonchev–Trinajstić information content (AvgIpc) is 2.83. The van der Waals surface area contributed by atoms with Crippen molar-refractivity contribution in [2.75, 3.05) is 35.2 Å². The van der Waals surface area contributed by atoms with Crippen LogP contribution in [0.15, 0.2) is 29.1 Å². The number of rotatable bonds is 6. The van der Waals surface area contributed by atoms with Crippen molar-refractivity contribution in [1.29, 1.82) is 0 Å². The number of carbonyl (C=O) groups is 3. The van der Waals surface area contributed by atoms with E-state index >= 15 is 0 Å². The average molecular weight is 482 g/mol. The molecule has 1 fully saturated rings. The van der Waals surface area contributed by atoms with Crippen LogP contribution in [0.1, 0.15) is 63.0 Å². The minimum atomic E-state index is -0.970. The zero-order chi connectivity index (χ0) is 25.1. The lowest BCUT2D eigenvalue weighted by atomic mass is 9.92. The second kappa shape index (κ2) is 10.3. The van der Waals surface area contributed by atoms with Gasteiger partial charge in [0, 0.05) is 25.2 Å². The molecular weight excluding hydrogens is 450 g/mol. The predicted molar refractivity (Wildman–Crippen MR) is 132 cm³/mol. The minimum absolute atomic E-state index is 0.0774. The Morgan fingerprint density at radius 1 is 1.23 bits per heavy atom. The Morgan fingerprint density at radius 2 is 1.97 bits per heavy atom. The lowest BCUT2D eigenvalue weighted by Crippen LogP contribution is -2.42. The summed E-state index contributed by atoms with van der Waals surface area (Å²) in [5, 5.41) is 5.45. The van der Waals surface area contributed by atoms with Crippen LogP contribution in [0.5, 0.6) is 0 Å². The maximum absolute atomic E-state index is 13.1. The Balaban J connectivity index is 1.56. The van der Waals surface area contributed by atoms with Gasteiger partial charge in [-0.25, -0.2) is 0 Å². The normalized spacial score (nSPS) is 19.7. The van der Waals surface area contributed by atoms with E-state index in [1.54, 1.807) is 24.0 Å². The minimum Gasteiger partial charge on any atom is -0.466 e. The van der Waals surface area contributed by atoms with E-state index in [0.717, 1.165) is 12.0 Å². The van der Waals surface area contributed by atoms with Crippen LogP contribution in [0.3, 0.4) is 0 Å². The van der Waals surface area contributed by atoms with Gasteiger partial charge < -0.3 is 20.3 Å². The molecule has 0 radical (unpaired) electrons. The van der Waals surface area contributed by atoms with Gasteiger partial charge in [0.05, 0.1) is 24.0 Å². The zero-order valence-electron chi connectivity index (χ0n) is 20.2. The fraction of sp³-hybridized carbons (Fsp3) is 0.480. The van der Waals surface area contributed by atoms with Crippen LogP contribution in [0, 0.1) is 5.92 Å². The summed E-state index contributed by atoms with van der Waals surface area (Å²) < 4.78 is 5.14. The molecule has 186 valence electrons. The van der Waals surface area contributed by atoms with Crippen molar-refractivity contribution < 1.29 is 19.1 Å². The fourth-order valence-corrected chi connectivity index (χ4v) is 4.54. The Bertz CT molecular complexity index is 1170. The van der Waals surface area contributed by atoms with Gasteiger partial charge in [0.2, 0.25) is 17.8 Å². The highest BCUT2D eigenvalue weighted by Crippen LogP contribution is 2.31. The molecule has 1 aromatic carbocycles. The zero-order valence-corrected chi connectivity index (χ0v) is 20.2. The summed E-state index contributed by atoms with van der Waals surface area (Å²) in [5.74, 6) is -1.70. The second-order valence-corrected chi connectivity index (χ2v) is 9.26. The number of amides is 2. The molecule has 3 heterocycles. The predicted octanol–water partition coefficient (Wildman–Crippen LogP) is 2.74. The number of carbonyl (C=O) groups excluding carboxylic acids is 3. The lowest BCUT2D eigenvalue weighted by Gasteiger charge is -2.32. The molecule has 1 saturated heterocycles. The molecule has 2 amide bonds. The second-order valence-electron chi connectivity index (χ2n) is 9.26. The van der Waals surface area contributed by atoms with E-state index in [9.17, 15) is 19.2 Å². The van der Waals surface area contributed by atoms with Gasteiger partial charge in [0.15, 0.2) is 0 Å². The van der Waals surface area contributed by atoms with E-state index in [1.807, 2.05) is 12.1 Å². The summed E-state index contributed by atoms with van der Waals surface area (Å²) >= 11 is 0. The van der Waals surface area contributed by atoms with E-state index in [4.69, 9.17) is 4.74 Å². The molecule has 2 aromatic rings. The number of H-pyrrole nitrogens is 1. The van der Waals surface area contributed by atoms with Gasteiger partial charge in [-0.2, -0.15) is 4.98 Å². The summed E-state index contributed by atoms with van der Waals surface area (Å²) in [4.78, 5) is 59.8. The molecule has 35 heavy (non-hydrogen) atoms. The van der Waals surface area contributed by atoms with E-state index in [1.165, 1.54) is 0 Å². The molecule has 2 aliphatic heterocycles. The van der Waals surface area contributed by atoms with Gasteiger partial charge >= 0.3 is 5.97 Å². The number of ether oxygens (including phenoxy) is 1. The van der Waals surface area contributed by atoms with Gasteiger partial charge in [0.1, 0.15) is 5.82 Å². The topological polar surface area (TPSA) is 133 Å². The number of anilines is 3. The maximum atomic E-state index is 13.1. The summed E-state index contributed by atoms with van der Waals surface area (Å²) in [6, 6.07) is 7.48. The van der Waals surface area contributed by atoms with Gasteiger partial charge in [0.25, 0.3) is 5.56 Å². The first-order chi connectivity index (χ1) is 16.8. The van der Waals surface area contributed by atoms with E-state index in [0.29, 0.717) is 37.7 Å². The molecule has 2 aliphatic rings. The third kappa shape index (κ3) is 5.36. The monoisotopic (exact) mass is 481 g/mol. The standard InChI is InChI=1S/C25H31N5O5/c1-4-35-24(34)16-6-5-11-30(13-16)25-28-21-20(23(33)29-25)18(12-19(31)27-21)22(32)26-17-9-7-15(8-10-17)14(2)3/h7-10,14,16,18H,4-6,11-13H2,1-3H3,(H,26,32)(H2,27,28,29,31,33)/t16-,18+/m0/s1. The van der Waals surface area contributed by atoms with Crippen molar-refractivity contribution >= 4 is 35.2 Å². The van der Waals surface area contributed by atoms with Crippen LogP contribution in [-0.2, 0) is 19.1 Å². The van der Waals surface area contributed by atoms with Crippen LogP contribution in [0.4, 0.5) is 17.5 Å². The van der Waals surface area contributed by atoms with E-state index in [2.05, 4.69) is 34.4 Å². The van der Waals surface area contributed by atoms with Gasteiger partial charge in [-0.05, 0) is 43.4 Å². The maximum Gasteiger partial charge on any atom is 0.310 e. The number of aromatic amines is 1. The molecule has 0 spiro atoms. The number of nitrogens with zero attached hydrogens (tertiary/aromatic N) is 2. The number of hydrogen-bond acceptors (Lipinski definition) is 7. The van der Waals surface area contributed by atoms with Crippen LogP contribution < -0.4 is 21.1 Å². The first kappa shape index (κ1) is 24.4. The smallest absolute Gasteiger partial charge is 0.310 e. The summed E-state index contributed by atoms with van der Waals surface area (Å²) in [6.45, 7) is 7.18. The molecule has 2 atom stereocenters. The highest BCUT2D eigenvalue weighted by Gasteiger charge is 2.36. The largest absolute Gasteiger partial charge is 0.466 e. The SMILES string of the molecule is CCOC(=O)[C@H]1CCCN(c2nc3c(c(=O)[nH]2)[C@H](C(=O)Nc2ccc(C(C)C)cc2)CC(=O)N3)C1. The summed E-state index contributed by atoms with van der Waals surface area (Å²) in [7, 11) is 0. The number of aromatic nitrogens is 2. The number of benzene rings is 1. The van der Waals surface area contributed by atoms with Crippen LogP contribution in [0.25, 0.3) is 0 Å². The quantitative estimate of drug-likeness (QED) is 0.540. The van der Waals surface area contributed by atoms with Gasteiger partial charge in [-0.15, -0.1) is 0 Å². The molecule has 3 N–H and O–H groups in total. The first-order valence-electron chi connectivity index (χ1n) is 12.0. The van der Waals surface area contributed by atoms with Crippen molar-refractivity contribution in [2.45, 2.75) is 51.9 Å². The lowest BCUT2D eigenvalue weighted by molar-refractivity contribution is -0.148. The summed E-state index contributed by atoms with van der Waals surface area (Å²) in [5.41, 5.74) is 1.37. The molecule has 4 rings (SSSR count). The third-order valence-corrected chi connectivity index (χ3v) is 6.44. The van der Waals surface area contributed by atoms with Crippen LogP contribution in [0.2, 0.25) is 0 Å². The number of esters is 1. The molecule has 0 bridgehead atoms. The van der Waals surface area contributed by atoms with E-state index < -0.39 is 17.4 Å². The number of fused-ring (bicyclic) bond motifs is 1. The van der Waals surface area contributed by atoms with Crippen molar-refractivity contribution in [3.63, 3.8) is 0 Å². The first-order valence-corrected chi connectivity index (χ1v) is 12.0. The van der Waals surface area contributed by atoms with Crippen molar-refractivity contribution in [3.05, 3.63) is 45.7 Å². The number of hydrogen-bond donors (Lipinski definition) is 3. The molecule has 0 saturated carbocycles. The van der Waals surface area contributed by atoms with Crippen molar-refractivity contribution in [1.82, 2.24) is 9.97 Å². The molecule has 10 nitrogen and oxygen atoms in total. The molecule has 10 heteroatoms. The number of nitrogens with one attached hydrogen (secondary N) is 3. The Morgan fingerprint density at radius 3 is 2.66 bits per heavy atom. The number of piperidine rings is 1. The summed E-state index contributed by atoms with van der Waals surface area (Å²) in [6.07, 6.45) is 1.28. The Hall–Kier alpha value is -3.69. The van der Waals surface area contributed by atoms with Crippen molar-refractivity contribution in [2.24, 2.45) is 5.92 Å². The fourth-order valence-electron chi connectivity index (χ4n) is 4.54. The van der Waals surface area contributed by atoms with Crippen molar-refractivity contribution in [3.8, 4) is 0 Å².